The van der Waals surface area contributed by atoms with Gasteiger partial charge in [0.2, 0.25) is 5.91 Å². The van der Waals surface area contributed by atoms with Crippen LogP contribution in [0.3, 0.4) is 0 Å². The van der Waals surface area contributed by atoms with Crippen LogP contribution < -0.4 is 5.32 Å². The van der Waals surface area contributed by atoms with E-state index in [1.54, 1.807) is 39.0 Å². The molecule has 0 radical (unpaired) electrons. The van der Waals surface area contributed by atoms with E-state index >= 15 is 0 Å². The largest absolute Gasteiger partial charge is 0.393 e. The smallest absolute Gasteiger partial charge is 0.230 e. The van der Waals surface area contributed by atoms with Crippen molar-refractivity contribution in [2.24, 2.45) is 0 Å². The standard InChI is InChI=1S/C14H20FNO2/c1-10(17)8-9-16-13(18)14(2,3)11-6-4-5-7-12(11)15/h4-7,10,17H,8-9H2,1-3H3,(H,16,18). The zero-order valence-electron chi connectivity index (χ0n) is 11.0. The first-order valence-electron chi connectivity index (χ1n) is 6.07. The molecule has 0 aliphatic rings. The van der Waals surface area contributed by atoms with Gasteiger partial charge in [-0.3, -0.25) is 4.79 Å². The van der Waals surface area contributed by atoms with Gasteiger partial charge in [-0.1, -0.05) is 18.2 Å². The summed E-state index contributed by atoms with van der Waals surface area (Å²) in [6, 6.07) is 6.27. The van der Waals surface area contributed by atoms with E-state index in [0.29, 0.717) is 18.5 Å². The molecule has 1 atom stereocenters. The highest BCUT2D eigenvalue weighted by Crippen LogP contribution is 2.25. The van der Waals surface area contributed by atoms with Crippen LogP contribution in [0.4, 0.5) is 4.39 Å². The fourth-order valence-electron chi connectivity index (χ4n) is 1.71. The molecule has 3 nitrogen and oxygen atoms in total. The molecule has 0 saturated heterocycles. The highest BCUT2D eigenvalue weighted by atomic mass is 19.1. The summed E-state index contributed by atoms with van der Waals surface area (Å²) in [6.07, 6.45) is 0.0286. The molecule has 2 N–H and O–H groups in total. The van der Waals surface area contributed by atoms with Crippen LogP contribution in [0.25, 0.3) is 0 Å². The number of halogens is 1. The van der Waals surface area contributed by atoms with Crippen molar-refractivity contribution >= 4 is 5.91 Å². The minimum atomic E-state index is -0.927. The minimum absolute atomic E-state index is 0.242. The SMILES string of the molecule is CC(O)CCNC(=O)C(C)(C)c1ccccc1F. The van der Waals surface area contributed by atoms with Gasteiger partial charge in [-0.25, -0.2) is 4.39 Å². The normalized spacial score (nSPS) is 13.2. The Hall–Kier alpha value is -1.42. The lowest BCUT2D eigenvalue weighted by Gasteiger charge is -2.24. The number of rotatable bonds is 5. The molecule has 4 heteroatoms. The van der Waals surface area contributed by atoms with E-state index in [1.165, 1.54) is 6.07 Å². The van der Waals surface area contributed by atoms with Gasteiger partial charge in [0.15, 0.2) is 0 Å². The maximum Gasteiger partial charge on any atom is 0.230 e. The monoisotopic (exact) mass is 253 g/mol. The van der Waals surface area contributed by atoms with Crippen molar-refractivity contribution in [3.05, 3.63) is 35.6 Å². The number of carbonyl (C=O) groups excluding carboxylic acids is 1. The fraction of sp³-hybridized carbons (Fsp3) is 0.500. The third-order valence-electron chi connectivity index (χ3n) is 2.96. The number of aliphatic hydroxyl groups is 1. The lowest BCUT2D eigenvalue weighted by Crippen LogP contribution is -2.41. The van der Waals surface area contributed by atoms with Gasteiger partial charge >= 0.3 is 0 Å². The Morgan fingerprint density at radius 3 is 2.61 bits per heavy atom. The first kappa shape index (κ1) is 14.6. The molecule has 1 amide bonds. The Morgan fingerprint density at radius 1 is 1.44 bits per heavy atom. The Kier molecular flexibility index (Phi) is 4.84. The van der Waals surface area contributed by atoms with Crippen LogP contribution in [0.2, 0.25) is 0 Å². The summed E-state index contributed by atoms with van der Waals surface area (Å²) in [7, 11) is 0. The van der Waals surface area contributed by atoms with Crippen molar-refractivity contribution in [3.8, 4) is 0 Å². The number of amides is 1. The van der Waals surface area contributed by atoms with Crippen LogP contribution in [0.1, 0.15) is 32.8 Å². The summed E-state index contributed by atoms with van der Waals surface area (Å²) < 4.78 is 13.7. The summed E-state index contributed by atoms with van der Waals surface area (Å²) >= 11 is 0. The molecule has 0 heterocycles. The van der Waals surface area contributed by atoms with Crippen LogP contribution in [0, 0.1) is 5.82 Å². The van der Waals surface area contributed by atoms with Crippen LogP contribution >= 0.6 is 0 Å². The molecular weight excluding hydrogens is 233 g/mol. The summed E-state index contributed by atoms with van der Waals surface area (Å²) in [4.78, 5) is 12.0. The summed E-state index contributed by atoms with van der Waals surface area (Å²) in [5.41, 5.74) is -0.552. The molecule has 0 aromatic heterocycles. The van der Waals surface area contributed by atoms with Crippen molar-refractivity contribution in [2.75, 3.05) is 6.54 Å². The van der Waals surface area contributed by atoms with E-state index in [-0.39, 0.29) is 11.7 Å². The molecule has 1 rings (SSSR count). The number of nitrogens with one attached hydrogen (secondary N) is 1. The van der Waals surface area contributed by atoms with Gasteiger partial charge in [-0.05, 0) is 33.3 Å². The Balaban J connectivity index is 2.74. The second kappa shape index (κ2) is 5.96. The van der Waals surface area contributed by atoms with Gasteiger partial charge in [-0.15, -0.1) is 0 Å². The summed E-state index contributed by atoms with van der Waals surface area (Å²) in [5.74, 6) is -0.624. The van der Waals surface area contributed by atoms with Gasteiger partial charge in [0.1, 0.15) is 5.82 Å². The predicted molar refractivity (Wildman–Crippen MR) is 68.7 cm³/mol. The lowest BCUT2D eigenvalue weighted by molar-refractivity contribution is -0.125. The van der Waals surface area contributed by atoms with Crippen LogP contribution in [-0.2, 0) is 10.2 Å². The lowest BCUT2D eigenvalue weighted by atomic mass is 9.83. The molecule has 1 unspecified atom stereocenters. The van der Waals surface area contributed by atoms with Gasteiger partial charge in [-0.2, -0.15) is 0 Å². The Bertz CT molecular complexity index is 416. The number of hydrogen-bond donors (Lipinski definition) is 2. The second-order valence-corrected chi connectivity index (χ2v) is 5.00. The number of aliphatic hydroxyl groups excluding tert-OH is 1. The van der Waals surface area contributed by atoms with E-state index < -0.39 is 11.5 Å². The molecule has 1 aromatic rings. The third kappa shape index (κ3) is 3.53. The maximum absolute atomic E-state index is 13.7. The van der Waals surface area contributed by atoms with Crippen LogP contribution in [0.15, 0.2) is 24.3 Å². The van der Waals surface area contributed by atoms with Crippen LogP contribution in [0.5, 0.6) is 0 Å². The average Bonchev–Trinajstić information content (AvgIpc) is 2.28. The second-order valence-electron chi connectivity index (χ2n) is 5.00. The molecule has 0 aliphatic heterocycles. The first-order valence-corrected chi connectivity index (χ1v) is 6.07. The van der Waals surface area contributed by atoms with Crippen molar-refractivity contribution in [3.63, 3.8) is 0 Å². The number of benzene rings is 1. The Morgan fingerprint density at radius 2 is 2.06 bits per heavy atom. The molecule has 18 heavy (non-hydrogen) atoms. The number of carbonyl (C=O) groups is 1. The maximum atomic E-state index is 13.7. The minimum Gasteiger partial charge on any atom is -0.393 e. The van der Waals surface area contributed by atoms with E-state index in [9.17, 15) is 9.18 Å². The topological polar surface area (TPSA) is 49.3 Å². The molecule has 0 saturated carbocycles. The van der Waals surface area contributed by atoms with Crippen molar-refractivity contribution in [2.45, 2.75) is 38.7 Å². The molecule has 0 fully saturated rings. The van der Waals surface area contributed by atoms with Gasteiger partial charge in [0.25, 0.3) is 0 Å². The first-order chi connectivity index (χ1) is 8.35. The van der Waals surface area contributed by atoms with E-state index in [0.717, 1.165) is 0 Å². The molecule has 0 bridgehead atoms. The predicted octanol–water partition coefficient (Wildman–Crippen LogP) is 1.99. The summed E-state index contributed by atoms with van der Waals surface area (Å²) in [5, 5.41) is 11.8. The van der Waals surface area contributed by atoms with Gasteiger partial charge in [0, 0.05) is 12.1 Å². The fourth-order valence-corrected chi connectivity index (χ4v) is 1.71. The third-order valence-corrected chi connectivity index (χ3v) is 2.96. The zero-order chi connectivity index (χ0) is 13.8. The van der Waals surface area contributed by atoms with Crippen molar-refractivity contribution in [1.82, 2.24) is 5.32 Å². The molecule has 0 spiro atoms. The Labute approximate surface area is 107 Å². The molecular formula is C14H20FNO2. The molecule has 1 aromatic carbocycles. The van der Waals surface area contributed by atoms with E-state index in [4.69, 9.17) is 5.11 Å². The van der Waals surface area contributed by atoms with E-state index in [2.05, 4.69) is 5.32 Å². The molecule has 100 valence electrons. The van der Waals surface area contributed by atoms with Crippen molar-refractivity contribution in [1.29, 1.82) is 0 Å². The number of hydrogen-bond acceptors (Lipinski definition) is 2. The highest BCUT2D eigenvalue weighted by molar-refractivity contribution is 5.87. The average molecular weight is 253 g/mol. The molecule has 0 aliphatic carbocycles. The van der Waals surface area contributed by atoms with Crippen LogP contribution in [-0.4, -0.2) is 23.7 Å². The van der Waals surface area contributed by atoms with Gasteiger partial charge in [0.05, 0.1) is 11.5 Å². The zero-order valence-corrected chi connectivity index (χ0v) is 11.0. The van der Waals surface area contributed by atoms with Crippen molar-refractivity contribution < 1.29 is 14.3 Å². The van der Waals surface area contributed by atoms with E-state index in [1.807, 2.05) is 0 Å². The summed E-state index contributed by atoms with van der Waals surface area (Å²) in [6.45, 7) is 5.41. The quantitative estimate of drug-likeness (QED) is 0.843. The highest BCUT2D eigenvalue weighted by Gasteiger charge is 2.31. The van der Waals surface area contributed by atoms with Gasteiger partial charge < -0.3 is 10.4 Å².